The van der Waals surface area contributed by atoms with Crippen molar-refractivity contribution < 1.29 is 9.59 Å². The van der Waals surface area contributed by atoms with Crippen LogP contribution in [0.15, 0.2) is 11.8 Å². The maximum atomic E-state index is 12.1. The van der Waals surface area contributed by atoms with E-state index in [-0.39, 0.29) is 16.7 Å². The predicted molar refractivity (Wildman–Crippen MR) is 84.8 cm³/mol. The number of Topliss-reactive ketones (excluding diaryl/α,β-unsaturated/α-hetero) is 1. The van der Waals surface area contributed by atoms with Crippen molar-refractivity contribution in [1.29, 1.82) is 0 Å². The summed E-state index contributed by atoms with van der Waals surface area (Å²) in [4.78, 5) is 23.9. The van der Waals surface area contributed by atoms with E-state index in [0.717, 1.165) is 19.3 Å². The van der Waals surface area contributed by atoms with Gasteiger partial charge in [-0.1, -0.05) is 26.8 Å². The molecule has 6 atom stereocenters. The summed E-state index contributed by atoms with van der Waals surface area (Å²) in [5.41, 5.74) is 1.51. The number of allylic oxidation sites excluding steroid dienone is 2. The van der Waals surface area contributed by atoms with Crippen molar-refractivity contribution in [3.05, 3.63) is 11.8 Å². The van der Waals surface area contributed by atoms with Gasteiger partial charge in [-0.15, -0.1) is 0 Å². The van der Waals surface area contributed by atoms with E-state index in [1.807, 2.05) is 0 Å². The molecule has 120 valence electrons. The molecule has 1 saturated heterocycles. The lowest BCUT2D eigenvalue weighted by Gasteiger charge is -2.58. The van der Waals surface area contributed by atoms with Gasteiger partial charge in [-0.25, -0.2) is 0 Å². The van der Waals surface area contributed by atoms with Crippen molar-refractivity contribution in [2.24, 2.45) is 34.5 Å². The largest absolute Gasteiger partial charge is 0.330 e. The lowest BCUT2D eigenvalue weighted by Crippen LogP contribution is -2.54. The highest BCUT2D eigenvalue weighted by atomic mass is 16.1. The van der Waals surface area contributed by atoms with Crippen LogP contribution in [0.2, 0.25) is 0 Å². The van der Waals surface area contributed by atoms with Crippen molar-refractivity contribution in [1.82, 2.24) is 5.32 Å². The molecule has 0 aromatic heterocycles. The third-order valence-electron chi connectivity index (χ3n) is 7.52. The number of rotatable bonds is 0. The topological polar surface area (TPSA) is 46.2 Å². The van der Waals surface area contributed by atoms with Crippen LogP contribution in [0.5, 0.6) is 0 Å². The Hall–Kier alpha value is -1.12. The van der Waals surface area contributed by atoms with Crippen molar-refractivity contribution in [3.8, 4) is 0 Å². The van der Waals surface area contributed by atoms with Crippen LogP contribution >= 0.6 is 0 Å². The van der Waals surface area contributed by atoms with E-state index in [1.54, 1.807) is 0 Å². The molecule has 0 aromatic carbocycles. The first-order valence-electron chi connectivity index (χ1n) is 8.87. The molecule has 0 radical (unpaired) electrons. The molecule has 0 spiro atoms. The molecule has 3 aliphatic carbocycles. The highest BCUT2D eigenvalue weighted by Crippen LogP contribution is 2.64. The Morgan fingerprint density at radius 3 is 2.73 bits per heavy atom. The number of carbonyl (C=O) groups is 2. The van der Waals surface area contributed by atoms with Crippen molar-refractivity contribution in [3.63, 3.8) is 0 Å². The SMILES string of the molecule is C[C@H]1C=C2NC(=O)CC[C@]2(C)C2CC[C@]3(C)CC(=O)CC3C21. The van der Waals surface area contributed by atoms with E-state index in [0.29, 0.717) is 35.9 Å². The molecule has 3 heteroatoms. The standard InChI is InChI=1S/C19H27NO2/c1-11-8-15-19(3,7-5-16(22)20-15)13-4-6-18(2)10-12(21)9-14(18)17(11)13/h8,11,13-14,17H,4-7,9-10H2,1-3H3,(H,20,22)/t11-,13?,14?,17?,18+,19+/m0/s1. The number of ketones is 1. The normalized spacial score (nSPS) is 50.6. The highest BCUT2D eigenvalue weighted by Gasteiger charge is 2.59. The molecule has 2 saturated carbocycles. The second-order valence-electron chi connectivity index (χ2n) is 8.81. The van der Waals surface area contributed by atoms with Crippen LogP contribution in [0.3, 0.4) is 0 Å². The average molecular weight is 301 g/mol. The third kappa shape index (κ3) is 1.80. The van der Waals surface area contributed by atoms with E-state index in [9.17, 15) is 9.59 Å². The summed E-state index contributed by atoms with van der Waals surface area (Å²) in [6.07, 6.45) is 7.88. The van der Waals surface area contributed by atoms with Gasteiger partial charge < -0.3 is 5.32 Å². The molecule has 3 fully saturated rings. The van der Waals surface area contributed by atoms with Crippen LogP contribution in [-0.4, -0.2) is 11.7 Å². The van der Waals surface area contributed by atoms with Crippen LogP contribution in [0.4, 0.5) is 0 Å². The first-order valence-corrected chi connectivity index (χ1v) is 8.87. The van der Waals surface area contributed by atoms with Gasteiger partial charge in [0.05, 0.1) is 0 Å². The summed E-state index contributed by atoms with van der Waals surface area (Å²) in [7, 11) is 0. The Kier molecular flexibility index (Phi) is 2.93. The van der Waals surface area contributed by atoms with E-state index in [2.05, 4.69) is 32.2 Å². The van der Waals surface area contributed by atoms with Gasteiger partial charge in [0.15, 0.2) is 0 Å². The van der Waals surface area contributed by atoms with Crippen molar-refractivity contribution >= 4 is 11.7 Å². The summed E-state index contributed by atoms with van der Waals surface area (Å²) in [5, 5.41) is 3.16. The minimum atomic E-state index is 0.109. The van der Waals surface area contributed by atoms with Gasteiger partial charge in [0.25, 0.3) is 0 Å². The van der Waals surface area contributed by atoms with Gasteiger partial charge in [0, 0.05) is 30.4 Å². The number of nitrogens with one attached hydrogen (secondary N) is 1. The van der Waals surface area contributed by atoms with Crippen LogP contribution in [0.25, 0.3) is 0 Å². The molecule has 1 heterocycles. The minimum absolute atomic E-state index is 0.109. The van der Waals surface area contributed by atoms with E-state index in [1.165, 1.54) is 18.5 Å². The number of hydrogen-bond donors (Lipinski definition) is 1. The molecule has 1 amide bonds. The number of carbonyl (C=O) groups excluding carboxylic acids is 2. The van der Waals surface area contributed by atoms with Gasteiger partial charge >= 0.3 is 0 Å². The molecule has 0 aromatic rings. The second kappa shape index (κ2) is 4.46. The molecular weight excluding hydrogens is 274 g/mol. The molecule has 4 rings (SSSR count). The first-order chi connectivity index (χ1) is 10.3. The zero-order valence-corrected chi connectivity index (χ0v) is 13.9. The van der Waals surface area contributed by atoms with Crippen molar-refractivity contribution in [2.75, 3.05) is 0 Å². The fraction of sp³-hybridized carbons (Fsp3) is 0.789. The Balaban J connectivity index is 1.75. The van der Waals surface area contributed by atoms with Gasteiger partial charge in [0.1, 0.15) is 5.78 Å². The molecule has 3 unspecified atom stereocenters. The molecule has 1 aliphatic heterocycles. The maximum Gasteiger partial charge on any atom is 0.224 e. The molecule has 0 bridgehead atoms. The lowest BCUT2D eigenvalue weighted by atomic mass is 9.48. The summed E-state index contributed by atoms with van der Waals surface area (Å²) in [5.74, 6) is 2.87. The van der Waals surface area contributed by atoms with E-state index < -0.39 is 0 Å². The Bertz CT molecular complexity index is 580. The maximum absolute atomic E-state index is 12.1. The molecule has 4 aliphatic rings. The third-order valence-corrected chi connectivity index (χ3v) is 7.52. The summed E-state index contributed by atoms with van der Waals surface area (Å²) in [6, 6.07) is 0. The summed E-state index contributed by atoms with van der Waals surface area (Å²) >= 11 is 0. The van der Waals surface area contributed by atoms with E-state index in [4.69, 9.17) is 0 Å². The Morgan fingerprint density at radius 2 is 1.95 bits per heavy atom. The fourth-order valence-electron chi connectivity index (χ4n) is 6.31. The Labute approximate surface area is 132 Å². The van der Waals surface area contributed by atoms with Crippen LogP contribution in [0.1, 0.15) is 59.3 Å². The van der Waals surface area contributed by atoms with Gasteiger partial charge in [-0.05, 0) is 48.3 Å². The highest BCUT2D eigenvalue weighted by molar-refractivity contribution is 5.82. The van der Waals surface area contributed by atoms with Crippen LogP contribution in [-0.2, 0) is 9.59 Å². The number of hydrogen-bond acceptors (Lipinski definition) is 2. The summed E-state index contributed by atoms with van der Waals surface area (Å²) < 4.78 is 0. The van der Waals surface area contributed by atoms with Gasteiger partial charge in [-0.3, -0.25) is 9.59 Å². The molecule has 3 nitrogen and oxygen atoms in total. The quantitative estimate of drug-likeness (QED) is 0.745. The second-order valence-corrected chi connectivity index (χ2v) is 8.81. The first kappa shape index (κ1) is 14.5. The monoisotopic (exact) mass is 301 g/mol. The molecule has 22 heavy (non-hydrogen) atoms. The molecule has 1 N–H and O–H groups in total. The van der Waals surface area contributed by atoms with E-state index >= 15 is 0 Å². The van der Waals surface area contributed by atoms with Gasteiger partial charge in [0.2, 0.25) is 5.91 Å². The number of piperidine rings is 1. The van der Waals surface area contributed by atoms with Crippen molar-refractivity contribution in [2.45, 2.75) is 59.3 Å². The summed E-state index contributed by atoms with van der Waals surface area (Å²) in [6.45, 7) is 6.98. The lowest BCUT2D eigenvalue weighted by molar-refractivity contribution is -0.125. The Morgan fingerprint density at radius 1 is 1.18 bits per heavy atom. The van der Waals surface area contributed by atoms with Crippen LogP contribution in [0, 0.1) is 34.5 Å². The zero-order valence-electron chi connectivity index (χ0n) is 13.9. The average Bonchev–Trinajstić information content (AvgIpc) is 2.75. The minimum Gasteiger partial charge on any atom is -0.330 e. The number of fused-ring (bicyclic) bond motifs is 5. The fourth-order valence-corrected chi connectivity index (χ4v) is 6.31. The zero-order chi connectivity index (χ0) is 15.7. The predicted octanol–water partition coefficient (Wildman–Crippen LogP) is 3.45. The smallest absolute Gasteiger partial charge is 0.224 e. The van der Waals surface area contributed by atoms with Crippen LogP contribution < -0.4 is 5.32 Å². The van der Waals surface area contributed by atoms with Gasteiger partial charge in [-0.2, -0.15) is 0 Å². The number of amides is 1. The molecular formula is C19H27NO2.